The first-order valence-electron chi connectivity index (χ1n) is 7.66. The van der Waals surface area contributed by atoms with Crippen LogP contribution in [-0.2, 0) is 17.6 Å². The Morgan fingerprint density at radius 3 is 2.63 bits per heavy atom. The third-order valence-corrected chi connectivity index (χ3v) is 4.85. The third kappa shape index (κ3) is 2.44. The Morgan fingerprint density at radius 1 is 1.16 bits per heavy atom. The van der Waals surface area contributed by atoms with E-state index in [4.69, 9.17) is 4.74 Å². The lowest BCUT2D eigenvalue weighted by Crippen LogP contribution is -2.39. The van der Waals surface area contributed by atoms with Gasteiger partial charge in [-0.25, -0.2) is 0 Å². The zero-order valence-electron chi connectivity index (χ0n) is 12.2. The fourth-order valence-corrected chi connectivity index (χ4v) is 3.79. The number of rotatable bonds is 3. The van der Waals surface area contributed by atoms with E-state index in [9.17, 15) is 0 Å². The van der Waals surface area contributed by atoms with Crippen LogP contribution in [0.2, 0.25) is 0 Å². The van der Waals surface area contributed by atoms with Crippen molar-refractivity contribution in [3.05, 3.63) is 34.9 Å². The molecule has 0 amide bonds. The number of ether oxygens (including phenoxy) is 1. The fourth-order valence-electron chi connectivity index (χ4n) is 3.79. The molecule has 1 saturated heterocycles. The van der Waals surface area contributed by atoms with Crippen molar-refractivity contribution in [2.24, 2.45) is 0 Å². The molecule has 2 atom stereocenters. The molecule has 1 fully saturated rings. The Balaban J connectivity index is 1.91. The lowest BCUT2D eigenvalue weighted by Gasteiger charge is -2.34. The number of nitrogens with one attached hydrogen (secondary N) is 1. The molecule has 2 aliphatic rings. The average Bonchev–Trinajstić information content (AvgIpc) is 2.87. The van der Waals surface area contributed by atoms with Crippen molar-refractivity contribution in [2.75, 3.05) is 13.7 Å². The topological polar surface area (TPSA) is 21.3 Å². The van der Waals surface area contributed by atoms with E-state index < -0.39 is 0 Å². The maximum Gasteiger partial charge on any atom is 0.0849 e. The quantitative estimate of drug-likeness (QED) is 0.898. The van der Waals surface area contributed by atoms with Gasteiger partial charge in [-0.3, -0.25) is 0 Å². The van der Waals surface area contributed by atoms with E-state index in [-0.39, 0.29) is 5.60 Å². The van der Waals surface area contributed by atoms with Crippen LogP contribution in [0.4, 0.5) is 0 Å². The van der Waals surface area contributed by atoms with Crippen LogP contribution in [0.25, 0.3) is 0 Å². The molecule has 1 aromatic carbocycles. The van der Waals surface area contributed by atoms with Crippen LogP contribution in [0.3, 0.4) is 0 Å². The van der Waals surface area contributed by atoms with Gasteiger partial charge in [0.05, 0.1) is 11.6 Å². The second-order valence-corrected chi connectivity index (χ2v) is 6.22. The third-order valence-electron chi connectivity index (χ3n) is 4.85. The van der Waals surface area contributed by atoms with Crippen molar-refractivity contribution in [1.29, 1.82) is 0 Å². The Morgan fingerprint density at radius 2 is 1.95 bits per heavy atom. The van der Waals surface area contributed by atoms with Gasteiger partial charge < -0.3 is 10.1 Å². The maximum atomic E-state index is 6.03. The largest absolute Gasteiger partial charge is 0.373 e. The molecule has 19 heavy (non-hydrogen) atoms. The summed E-state index contributed by atoms with van der Waals surface area (Å²) in [5, 5.41) is 3.48. The summed E-state index contributed by atoms with van der Waals surface area (Å²) in [5.41, 5.74) is 4.47. The predicted octanol–water partition coefficient (Wildman–Crippen LogP) is 3.40. The number of hydrogen-bond donors (Lipinski definition) is 1. The first kappa shape index (κ1) is 13.1. The molecule has 0 aromatic heterocycles. The van der Waals surface area contributed by atoms with E-state index >= 15 is 0 Å². The second kappa shape index (κ2) is 5.26. The summed E-state index contributed by atoms with van der Waals surface area (Å²) in [6, 6.07) is 7.37. The van der Waals surface area contributed by atoms with Gasteiger partial charge in [0.25, 0.3) is 0 Å². The minimum absolute atomic E-state index is 0.0440. The van der Waals surface area contributed by atoms with Gasteiger partial charge in [0.1, 0.15) is 0 Å². The van der Waals surface area contributed by atoms with Gasteiger partial charge in [-0.2, -0.15) is 0 Å². The summed E-state index contributed by atoms with van der Waals surface area (Å²) in [7, 11) is 2.05. The van der Waals surface area contributed by atoms with E-state index in [1.165, 1.54) is 37.7 Å². The minimum Gasteiger partial charge on any atom is -0.373 e. The molecule has 2 heteroatoms. The summed E-state index contributed by atoms with van der Waals surface area (Å²) in [6.07, 6.45) is 7.52. The summed E-state index contributed by atoms with van der Waals surface area (Å²) >= 11 is 0. The number of fused-ring (bicyclic) bond motifs is 1. The van der Waals surface area contributed by atoms with E-state index in [1.54, 1.807) is 11.1 Å². The highest BCUT2D eigenvalue weighted by Gasteiger charge is 2.38. The van der Waals surface area contributed by atoms with Crippen LogP contribution in [0.1, 0.15) is 55.3 Å². The molecule has 2 nitrogen and oxygen atoms in total. The van der Waals surface area contributed by atoms with Crippen LogP contribution >= 0.6 is 0 Å². The van der Waals surface area contributed by atoms with Crippen LogP contribution in [-0.4, -0.2) is 19.3 Å². The molecule has 1 aliphatic carbocycles. The Hall–Kier alpha value is -0.860. The zero-order valence-corrected chi connectivity index (χ0v) is 12.2. The van der Waals surface area contributed by atoms with Crippen molar-refractivity contribution in [3.8, 4) is 0 Å². The number of aryl methyl sites for hydroxylation is 2. The SMILES string of the molecule is CNC(c1ccc2c(c1)CCCC2)C1(C)CCCO1. The lowest BCUT2D eigenvalue weighted by molar-refractivity contribution is -0.0105. The Bertz CT molecular complexity index is 449. The van der Waals surface area contributed by atoms with Gasteiger partial charge in [-0.05, 0) is 69.2 Å². The second-order valence-electron chi connectivity index (χ2n) is 6.22. The smallest absolute Gasteiger partial charge is 0.0849 e. The Kier molecular flexibility index (Phi) is 3.64. The Labute approximate surface area is 116 Å². The minimum atomic E-state index is -0.0440. The molecular weight excluding hydrogens is 234 g/mol. The van der Waals surface area contributed by atoms with E-state index in [0.29, 0.717) is 6.04 Å². The van der Waals surface area contributed by atoms with Crippen molar-refractivity contribution < 1.29 is 4.74 Å². The first-order chi connectivity index (χ1) is 9.23. The molecule has 2 unspecified atom stereocenters. The molecule has 0 saturated carbocycles. The molecule has 0 radical (unpaired) electrons. The number of hydrogen-bond acceptors (Lipinski definition) is 2. The van der Waals surface area contributed by atoms with Crippen molar-refractivity contribution in [1.82, 2.24) is 5.32 Å². The molecule has 0 bridgehead atoms. The number of benzene rings is 1. The normalized spacial score (nSPS) is 28.1. The molecule has 1 aliphatic heterocycles. The molecule has 1 heterocycles. The van der Waals surface area contributed by atoms with Gasteiger partial charge >= 0.3 is 0 Å². The molecular formula is C17H25NO. The lowest BCUT2D eigenvalue weighted by atomic mass is 9.84. The van der Waals surface area contributed by atoms with E-state index in [0.717, 1.165) is 13.0 Å². The standard InChI is InChI=1S/C17H25NO/c1-17(10-5-11-19-17)16(18-2)15-9-8-13-6-3-4-7-14(13)12-15/h8-9,12,16,18H,3-7,10-11H2,1-2H3. The van der Waals surface area contributed by atoms with Gasteiger partial charge in [0, 0.05) is 6.61 Å². The van der Waals surface area contributed by atoms with Crippen LogP contribution in [0.15, 0.2) is 18.2 Å². The van der Waals surface area contributed by atoms with Crippen molar-refractivity contribution >= 4 is 0 Å². The summed E-state index contributed by atoms with van der Waals surface area (Å²) < 4.78 is 6.03. The zero-order chi connectivity index (χ0) is 13.3. The van der Waals surface area contributed by atoms with Gasteiger partial charge in [-0.1, -0.05) is 18.2 Å². The van der Waals surface area contributed by atoms with Gasteiger partial charge in [0.15, 0.2) is 0 Å². The van der Waals surface area contributed by atoms with E-state index in [2.05, 4.69) is 37.5 Å². The van der Waals surface area contributed by atoms with E-state index in [1.807, 2.05) is 0 Å². The van der Waals surface area contributed by atoms with Crippen LogP contribution < -0.4 is 5.32 Å². The van der Waals surface area contributed by atoms with Gasteiger partial charge in [0.2, 0.25) is 0 Å². The van der Waals surface area contributed by atoms with Gasteiger partial charge in [-0.15, -0.1) is 0 Å². The summed E-state index contributed by atoms with van der Waals surface area (Å²) in [4.78, 5) is 0. The number of likely N-dealkylation sites (N-methyl/N-ethyl adjacent to an activating group) is 1. The van der Waals surface area contributed by atoms with Crippen molar-refractivity contribution in [2.45, 2.75) is 57.1 Å². The predicted molar refractivity (Wildman–Crippen MR) is 78.5 cm³/mol. The molecule has 104 valence electrons. The maximum absolute atomic E-state index is 6.03. The van der Waals surface area contributed by atoms with Crippen molar-refractivity contribution in [3.63, 3.8) is 0 Å². The molecule has 1 aromatic rings. The molecule has 0 spiro atoms. The summed E-state index contributed by atoms with van der Waals surface area (Å²) in [5.74, 6) is 0. The fraction of sp³-hybridized carbons (Fsp3) is 0.647. The molecule has 3 rings (SSSR count). The highest BCUT2D eigenvalue weighted by molar-refractivity contribution is 5.36. The van der Waals surface area contributed by atoms with Crippen LogP contribution in [0, 0.1) is 0 Å². The highest BCUT2D eigenvalue weighted by atomic mass is 16.5. The average molecular weight is 259 g/mol. The highest BCUT2D eigenvalue weighted by Crippen LogP contribution is 2.38. The monoisotopic (exact) mass is 259 g/mol. The first-order valence-corrected chi connectivity index (χ1v) is 7.66. The van der Waals surface area contributed by atoms with Crippen LogP contribution in [0.5, 0.6) is 0 Å². The summed E-state index contributed by atoms with van der Waals surface area (Å²) in [6.45, 7) is 3.15. The molecule has 1 N–H and O–H groups in total.